The van der Waals surface area contributed by atoms with Crippen LogP contribution >= 0.6 is 0 Å². The summed E-state index contributed by atoms with van der Waals surface area (Å²) in [6.45, 7) is 12.6. The molecule has 0 radical (unpaired) electrons. The number of aliphatic hydroxyl groups excluding tert-OH is 18. The zero-order valence-corrected chi connectivity index (χ0v) is 51.8. The number of aliphatic hydroxyl groups is 19. The molecular formula is C60H102O29. The van der Waals surface area contributed by atoms with Gasteiger partial charge in [0.15, 0.2) is 31.5 Å². The summed E-state index contributed by atoms with van der Waals surface area (Å²) in [4.78, 5) is 0. The van der Waals surface area contributed by atoms with Crippen molar-refractivity contribution in [3.8, 4) is 0 Å². The quantitative estimate of drug-likeness (QED) is 0.0506. The third-order valence-electron chi connectivity index (χ3n) is 22.9. The Hall–Kier alpha value is -1.42. The van der Waals surface area contributed by atoms with Gasteiger partial charge >= 0.3 is 0 Å². The summed E-state index contributed by atoms with van der Waals surface area (Å²) >= 11 is 0. The topological polar surface area (TPSA) is 477 Å². The largest absolute Gasteiger partial charge is 0.394 e. The van der Waals surface area contributed by atoms with Gasteiger partial charge in [-0.2, -0.15) is 0 Å². The monoisotopic (exact) mass is 1290 g/mol. The van der Waals surface area contributed by atoms with Crippen molar-refractivity contribution in [2.24, 2.45) is 45.3 Å². The Balaban J connectivity index is 0.865. The Bertz CT molecular complexity index is 2350. The molecule has 5 aliphatic heterocycles. The minimum Gasteiger partial charge on any atom is -0.394 e. The molecule has 19 N–H and O–H groups in total. The molecule has 516 valence electrons. The molecule has 0 aromatic carbocycles. The van der Waals surface area contributed by atoms with Crippen molar-refractivity contribution < 1.29 is 144 Å². The molecule has 0 bridgehead atoms. The number of fused-ring (bicyclic) bond motifs is 5. The molecule has 35 atom stereocenters. The lowest BCUT2D eigenvalue weighted by Crippen LogP contribution is -2.65. The lowest BCUT2D eigenvalue weighted by atomic mass is 9.38. The highest BCUT2D eigenvalue weighted by molar-refractivity contribution is 5.32. The van der Waals surface area contributed by atoms with Crippen molar-refractivity contribution in [1.82, 2.24) is 0 Å². The maximum absolute atomic E-state index is 12.8. The fourth-order valence-corrected chi connectivity index (χ4v) is 17.0. The van der Waals surface area contributed by atoms with Gasteiger partial charge in [-0.15, -0.1) is 0 Å². The molecule has 0 aromatic rings. The highest BCUT2D eigenvalue weighted by Gasteiger charge is 2.70. The molecule has 0 amide bonds. The molecule has 29 heteroatoms. The first-order valence-corrected chi connectivity index (χ1v) is 31.6. The molecule has 9 aliphatic rings. The maximum atomic E-state index is 12.8. The number of rotatable bonds is 20. The summed E-state index contributed by atoms with van der Waals surface area (Å²) in [7, 11) is 0. The molecule has 4 aliphatic carbocycles. The Morgan fingerprint density at radius 1 is 0.517 bits per heavy atom. The summed E-state index contributed by atoms with van der Waals surface area (Å²) in [6.07, 6.45) is -37.3. The van der Waals surface area contributed by atoms with Crippen LogP contribution in [-0.4, -0.2) is 308 Å². The number of hydrogen-bond acceptors (Lipinski definition) is 29. The van der Waals surface area contributed by atoms with Crippen LogP contribution in [0.1, 0.15) is 107 Å². The van der Waals surface area contributed by atoms with Crippen molar-refractivity contribution in [3.63, 3.8) is 0 Å². The van der Waals surface area contributed by atoms with Gasteiger partial charge in [-0.1, -0.05) is 53.2 Å². The fraction of sp³-hybridized carbons (Fsp3) is 0.967. The summed E-state index contributed by atoms with van der Waals surface area (Å²) < 4.78 is 59.2. The zero-order valence-electron chi connectivity index (χ0n) is 51.8. The second-order valence-electron chi connectivity index (χ2n) is 28.7. The van der Waals surface area contributed by atoms with E-state index in [0.717, 1.165) is 18.4 Å². The van der Waals surface area contributed by atoms with Crippen LogP contribution in [-0.2, 0) is 47.4 Å². The Morgan fingerprint density at radius 3 is 1.48 bits per heavy atom. The lowest BCUT2D eigenvalue weighted by molar-refractivity contribution is -0.373. The minimum absolute atomic E-state index is 0.0114. The van der Waals surface area contributed by atoms with Crippen molar-refractivity contribution in [3.05, 3.63) is 11.6 Å². The summed E-state index contributed by atoms with van der Waals surface area (Å²) in [5, 5.41) is 205. The minimum atomic E-state index is -1.96. The van der Waals surface area contributed by atoms with E-state index in [0.29, 0.717) is 32.1 Å². The number of allylic oxidation sites excluding steroid dienone is 1. The normalized spacial score (nSPS) is 51.8. The Kier molecular flexibility index (Phi) is 22.3. The van der Waals surface area contributed by atoms with Gasteiger partial charge in [0, 0.05) is 10.8 Å². The number of hydrogen-bond donors (Lipinski definition) is 19. The molecule has 0 aromatic heterocycles. The lowest BCUT2D eigenvalue weighted by Gasteiger charge is -2.67. The van der Waals surface area contributed by atoms with Crippen LogP contribution in [0, 0.1) is 45.3 Å². The van der Waals surface area contributed by atoms with Crippen molar-refractivity contribution >= 4 is 0 Å². The molecular weight excluding hydrogens is 1180 g/mol. The first kappa shape index (κ1) is 71.9. The van der Waals surface area contributed by atoms with E-state index in [1.54, 1.807) is 0 Å². The highest BCUT2D eigenvalue weighted by atomic mass is 16.8. The Labute approximate surface area is 517 Å². The van der Waals surface area contributed by atoms with E-state index in [1.807, 2.05) is 13.8 Å². The molecule has 29 nitrogen and oxygen atoms in total. The van der Waals surface area contributed by atoms with Gasteiger partial charge in [-0.25, -0.2) is 0 Å². The second-order valence-corrected chi connectivity index (χ2v) is 28.7. The zero-order chi connectivity index (χ0) is 65.5. The van der Waals surface area contributed by atoms with Crippen molar-refractivity contribution in [2.45, 2.75) is 284 Å². The average molecular weight is 1290 g/mol. The molecule has 89 heavy (non-hydrogen) atoms. The first-order valence-electron chi connectivity index (χ1n) is 31.6. The van der Waals surface area contributed by atoms with Crippen LogP contribution in [0.4, 0.5) is 0 Å². The van der Waals surface area contributed by atoms with Gasteiger partial charge < -0.3 is 144 Å². The van der Waals surface area contributed by atoms with Gasteiger partial charge in [-0.05, 0) is 99.7 Å². The van der Waals surface area contributed by atoms with E-state index in [2.05, 4.69) is 33.8 Å². The van der Waals surface area contributed by atoms with Crippen LogP contribution < -0.4 is 0 Å². The SMILES string of the molecule is C[C@H](CC[C@@H](O[C@@H]1O[C@H](CO[C@@H]2O[C@H](CO)[C@@H](O)[C@H](O)[C@H]2O)[C@@H](O[C@@H]2O[C@H](CO)[C@@H](O)[C@H](O)[C@H]2O)[C@H](O)[C@H]1O)C(C)(C)O)C1CC[C@@]2(C)C3CC=C4C(CC[C@H](O[C@@H]5O[C@H](CO[C@@H]6O[C@H](CO)[C@@H](O)[C@H](O)[C@H]6O)[C@@H](O)[C@H](O)[C@H]5O)C4(C)C)[C@]3(C)[C@H](O)C[C@]12C. The van der Waals surface area contributed by atoms with Crippen LogP contribution in [0.5, 0.6) is 0 Å². The number of ether oxygens (including phenoxy) is 10. The highest BCUT2D eigenvalue weighted by Crippen LogP contribution is 2.75. The van der Waals surface area contributed by atoms with Gasteiger partial charge in [0.05, 0.1) is 56.9 Å². The third-order valence-corrected chi connectivity index (χ3v) is 22.9. The predicted octanol–water partition coefficient (Wildman–Crippen LogP) is -5.41. The van der Waals surface area contributed by atoms with E-state index < -0.39 is 221 Å². The van der Waals surface area contributed by atoms with E-state index in [4.69, 9.17) is 47.4 Å². The van der Waals surface area contributed by atoms with Crippen LogP contribution in [0.3, 0.4) is 0 Å². The van der Waals surface area contributed by atoms with Crippen LogP contribution in [0.2, 0.25) is 0 Å². The maximum Gasteiger partial charge on any atom is 0.187 e. The fourth-order valence-electron chi connectivity index (χ4n) is 17.0. The van der Waals surface area contributed by atoms with E-state index in [9.17, 15) is 97.0 Å². The van der Waals surface area contributed by atoms with Gasteiger partial charge in [0.1, 0.15) is 122 Å². The third kappa shape index (κ3) is 13.1. The summed E-state index contributed by atoms with van der Waals surface area (Å²) in [5.41, 5.74) is -2.38. The second kappa shape index (κ2) is 27.6. The van der Waals surface area contributed by atoms with Crippen LogP contribution in [0.15, 0.2) is 11.6 Å². The molecule has 5 heterocycles. The van der Waals surface area contributed by atoms with Crippen molar-refractivity contribution in [2.75, 3.05) is 33.0 Å². The molecule has 0 spiro atoms. The average Bonchev–Trinajstić information content (AvgIpc) is 1.67. The molecule has 9 rings (SSSR count). The van der Waals surface area contributed by atoms with Gasteiger partial charge in [0.25, 0.3) is 0 Å². The molecule has 5 saturated heterocycles. The summed E-state index contributed by atoms with van der Waals surface area (Å²) in [5.74, 6) is 0.0532. The van der Waals surface area contributed by atoms with Crippen LogP contribution in [0.25, 0.3) is 0 Å². The molecule has 3 unspecified atom stereocenters. The van der Waals surface area contributed by atoms with E-state index >= 15 is 0 Å². The van der Waals surface area contributed by atoms with E-state index in [-0.39, 0.29) is 40.9 Å². The van der Waals surface area contributed by atoms with Crippen molar-refractivity contribution in [1.29, 1.82) is 0 Å². The standard InChI is InChI=1S/C60H102O29/c1-23(9-13-35(57(4,5)79)88-54-49(78)44(73)50(89-55-48(77)42(71)38(67)29(20-63)84-55)31(86-54)22-81-52-46(75)41(70)37(66)28(19-62)83-52)24-15-16-58(6)32-12-10-25-26(60(32,8)33(64)17-59(24,58)7)11-14-34(56(25,2)3)87-53-47(76)43(72)39(68)30(85-53)21-80-51-45(74)40(69)36(65)27(18-61)82-51/h10,23-24,26-55,61-79H,9,11-22H2,1-8H3/t23-,24?,26?,27-,28-,29-,30-,31-,32?,33-,34+,35-,36-,37-,38-,39-,40+,41+,42+,43+,44-,45-,46-,47-,48-,49-,50-,51-,52-,53+,54+,55+,58+,59-,60+/m1/s1. The smallest absolute Gasteiger partial charge is 0.187 e. The van der Waals surface area contributed by atoms with Gasteiger partial charge in [0.2, 0.25) is 0 Å². The van der Waals surface area contributed by atoms with E-state index in [1.165, 1.54) is 13.8 Å². The van der Waals surface area contributed by atoms with Gasteiger partial charge in [-0.3, -0.25) is 0 Å². The first-order chi connectivity index (χ1) is 41.6. The molecule has 8 fully saturated rings. The Morgan fingerprint density at radius 2 is 0.966 bits per heavy atom. The molecule has 3 saturated carbocycles. The predicted molar refractivity (Wildman–Crippen MR) is 300 cm³/mol. The summed E-state index contributed by atoms with van der Waals surface area (Å²) in [6, 6.07) is 0.